The van der Waals surface area contributed by atoms with Gasteiger partial charge in [0.15, 0.2) is 0 Å². The zero-order valence-corrected chi connectivity index (χ0v) is 13.5. The summed E-state index contributed by atoms with van der Waals surface area (Å²) in [4.78, 5) is 13.5. The SMILES string of the molecule is C[C@@H]1CCCN1CCCOc1ccc(C2C=CC(=O)N=N2)cc1. The Morgan fingerprint density at radius 3 is 2.78 bits per heavy atom. The van der Waals surface area contributed by atoms with Gasteiger partial charge in [-0.15, -0.1) is 5.11 Å². The molecule has 5 heteroatoms. The Balaban J connectivity index is 1.43. The first-order valence-corrected chi connectivity index (χ1v) is 8.32. The van der Waals surface area contributed by atoms with Crippen LogP contribution in [0.25, 0.3) is 0 Å². The molecule has 2 aliphatic heterocycles. The predicted octanol–water partition coefficient (Wildman–Crippen LogP) is 3.53. The maximum Gasteiger partial charge on any atom is 0.287 e. The Bertz CT molecular complexity index is 579. The number of hydrogen-bond acceptors (Lipinski definition) is 4. The molecule has 2 aliphatic rings. The molecular weight excluding hydrogens is 290 g/mol. The van der Waals surface area contributed by atoms with Gasteiger partial charge in [0.05, 0.1) is 6.61 Å². The average Bonchev–Trinajstić information content (AvgIpc) is 2.98. The lowest BCUT2D eigenvalue weighted by molar-refractivity contribution is -0.114. The van der Waals surface area contributed by atoms with Crippen LogP contribution in [-0.2, 0) is 4.79 Å². The standard InChI is InChI=1S/C18H23N3O2/c1-14-4-2-11-21(14)12-3-13-23-16-7-5-15(6-8-16)17-9-10-18(22)20-19-17/h5-10,14,17H,2-4,11-13H2,1H3/t14-,17?/m1/s1. The van der Waals surface area contributed by atoms with Crippen molar-refractivity contribution in [2.45, 2.75) is 38.3 Å². The number of ether oxygens (including phenoxy) is 1. The molecule has 0 spiro atoms. The number of carbonyl (C=O) groups is 1. The second-order valence-electron chi connectivity index (χ2n) is 6.16. The second kappa shape index (κ2) is 7.51. The molecule has 1 saturated heterocycles. The zero-order chi connectivity index (χ0) is 16.1. The van der Waals surface area contributed by atoms with E-state index in [1.807, 2.05) is 24.3 Å². The van der Waals surface area contributed by atoms with Crippen molar-refractivity contribution < 1.29 is 9.53 Å². The van der Waals surface area contributed by atoms with E-state index in [0.717, 1.165) is 36.9 Å². The average molecular weight is 313 g/mol. The van der Waals surface area contributed by atoms with Crippen LogP contribution in [0.5, 0.6) is 5.75 Å². The number of nitrogens with zero attached hydrogens (tertiary/aromatic N) is 3. The van der Waals surface area contributed by atoms with Crippen LogP contribution in [0.4, 0.5) is 0 Å². The lowest BCUT2D eigenvalue weighted by atomic mass is 10.1. The minimum absolute atomic E-state index is 0.168. The number of benzene rings is 1. The highest BCUT2D eigenvalue weighted by atomic mass is 16.5. The van der Waals surface area contributed by atoms with E-state index in [-0.39, 0.29) is 11.9 Å². The molecule has 2 heterocycles. The van der Waals surface area contributed by atoms with Crippen molar-refractivity contribution >= 4 is 5.91 Å². The van der Waals surface area contributed by atoms with E-state index in [0.29, 0.717) is 0 Å². The quantitative estimate of drug-likeness (QED) is 0.755. The van der Waals surface area contributed by atoms with Crippen molar-refractivity contribution in [2.75, 3.05) is 19.7 Å². The molecule has 0 aliphatic carbocycles. The molecule has 23 heavy (non-hydrogen) atoms. The Hall–Kier alpha value is -2.01. The first kappa shape index (κ1) is 15.9. The normalized spacial score (nSPS) is 24.3. The van der Waals surface area contributed by atoms with Gasteiger partial charge in [-0.05, 0) is 56.5 Å². The maximum absolute atomic E-state index is 11.0. The molecule has 1 unspecified atom stereocenters. The first-order valence-electron chi connectivity index (χ1n) is 8.32. The summed E-state index contributed by atoms with van der Waals surface area (Å²) in [6.07, 6.45) is 6.92. The topological polar surface area (TPSA) is 54.3 Å². The molecule has 0 N–H and O–H groups in total. The Kier molecular flexibility index (Phi) is 5.18. The molecule has 2 atom stereocenters. The van der Waals surface area contributed by atoms with E-state index < -0.39 is 0 Å². The number of likely N-dealkylation sites (tertiary alicyclic amines) is 1. The molecule has 122 valence electrons. The number of rotatable bonds is 6. The molecule has 5 nitrogen and oxygen atoms in total. The summed E-state index contributed by atoms with van der Waals surface area (Å²) in [5, 5.41) is 7.56. The fraction of sp³-hybridized carbons (Fsp3) is 0.500. The predicted molar refractivity (Wildman–Crippen MR) is 88.6 cm³/mol. The second-order valence-corrected chi connectivity index (χ2v) is 6.16. The summed E-state index contributed by atoms with van der Waals surface area (Å²) in [7, 11) is 0. The summed E-state index contributed by atoms with van der Waals surface area (Å²) < 4.78 is 5.81. The molecule has 1 fully saturated rings. The summed E-state index contributed by atoms with van der Waals surface area (Å²) in [6, 6.07) is 8.40. The molecule has 0 radical (unpaired) electrons. The highest BCUT2D eigenvalue weighted by molar-refractivity contribution is 5.88. The van der Waals surface area contributed by atoms with Crippen LogP contribution in [0.3, 0.4) is 0 Å². The van der Waals surface area contributed by atoms with Crippen LogP contribution in [0.1, 0.15) is 37.8 Å². The molecule has 0 bridgehead atoms. The monoisotopic (exact) mass is 313 g/mol. The smallest absolute Gasteiger partial charge is 0.287 e. The fourth-order valence-corrected chi connectivity index (χ4v) is 3.09. The fourth-order valence-electron chi connectivity index (χ4n) is 3.09. The van der Waals surface area contributed by atoms with Crippen molar-refractivity contribution in [1.82, 2.24) is 4.90 Å². The van der Waals surface area contributed by atoms with Crippen LogP contribution in [0.2, 0.25) is 0 Å². The van der Waals surface area contributed by atoms with Gasteiger partial charge < -0.3 is 9.64 Å². The Morgan fingerprint density at radius 1 is 1.30 bits per heavy atom. The third kappa shape index (κ3) is 4.26. The molecule has 1 aromatic rings. The van der Waals surface area contributed by atoms with E-state index in [2.05, 4.69) is 22.1 Å². The number of hydrogen-bond donors (Lipinski definition) is 0. The molecule has 1 aromatic carbocycles. The van der Waals surface area contributed by atoms with E-state index in [1.54, 1.807) is 6.08 Å². The van der Waals surface area contributed by atoms with Gasteiger partial charge in [0.1, 0.15) is 11.8 Å². The van der Waals surface area contributed by atoms with Crippen LogP contribution in [0.15, 0.2) is 46.6 Å². The van der Waals surface area contributed by atoms with Crippen molar-refractivity contribution in [3.8, 4) is 5.75 Å². The van der Waals surface area contributed by atoms with Crippen LogP contribution >= 0.6 is 0 Å². The first-order chi connectivity index (χ1) is 11.2. The number of azo groups is 1. The summed E-state index contributed by atoms with van der Waals surface area (Å²) >= 11 is 0. The van der Waals surface area contributed by atoms with Crippen molar-refractivity contribution in [3.63, 3.8) is 0 Å². The van der Waals surface area contributed by atoms with Crippen molar-refractivity contribution in [2.24, 2.45) is 10.2 Å². The Morgan fingerprint density at radius 2 is 2.13 bits per heavy atom. The van der Waals surface area contributed by atoms with Gasteiger partial charge in [-0.1, -0.05) is 12.1 Å². The van der Waals surface area contributed by atoms with E-state index in [4.69, 9.17) is 4.74 Å². The largest absolute Gasteiger partial charge is 0.494 e. The van der Waals surface area contributed by atoms with E-state index >= 15 is 0 Å². The van der Waals surface area contributed by atoms with Gasteiger partial charge >= 0.3 is 0 Å². The molecule has 3 rings (SSSR count). The van der Waals surface area contributed by atoms with Gasteiger partial charge in [-0.3, -0.25) is 4.79 Å². The third-order valence-electron chi connectivity index (χ3n) is 4.47. The lowest BCUT2D eigenvalue weighted by Crippen LogP contribution is -2.28. The van der Waals surface area contributed by atoms with Crippen LogP contribution in [0, 0.1) is 0 Å². The van der Waals surface area contributed by atoms with Gasteiger partial charge in [0, 0.05) is 18.7 Å². The number of carbonyl (C=O) groups excluding carboxylic acids is 1. The van der Waals surface area contributed by atoms with E-state index in [9.17, 15) is 4.79 Å². The number of amides is 1. The summed E-state index contributed by atoms with van der Waals surface area (Å²) in [5.41, 5.74) is 1.01. The minimum atomic E-state index is -0.298. The van der Waals surface area contributed by atoms with Crippen molar-refractivity contribution in [3.05, 3.63) is 42.0 Å². The molecular formula is C18H23N3O2. The third-order valence-corrected chi connectivity index (χ3v) is 4.47. The van der Waals surface area contributed by atoms with Crippen LogP contribution < -0.4 is 4.74 Å². The molecule has 0 aromatic heterocycles. The summed E-state index contributed by atoms with van der Waals surface area (Å²) in [6.45, 7) is 5.37. The minimum Gasteiger partial charge on any atom is -0.494 e. The van der Waals surface area contributed by atoms with Crippen molar-refractivity contribution in [1.29, 1.82) is 0 Å². The summed E-state index contributed by atoms with van der Waals surface area (Å²) in [5.74, 6) is 0.574. The molecule has 1 amide bonds. The van der Waals surface area contributed by atoms with E-state index in [1.165, 1.54) is 25.5 Å². The Labute approximate surface area is 137 Å². The van der Waals surface area contributed by atoms with Gasteiger partial charge in [-0.2, -0.15) is 5.11 Å². The maximum atomic E-state index is 11.0. The van der Waals surface area contributed by atoms with Gasteiger partial charge in [0.25, 0.3) is 5.91 Å². The van der Waals surface area contributed by atoms with Gasteiger partial charge in [0.2, 0.25) is 0 Å². The lowest BCUT2D eigenvalue weighted by Gasteiger charge is -2.20. The van der Waals surface area contributed by atoms with Crippen LogP contribution in [-0.4, -0.2) is 36.5 Å². The zero-order valence-electron chi connectivity index (χ0n) is 13.5. The van der Waals surface area contributed by atoms with Gasteiger partial charge in [-0.25, -0.2) is 0 Å². The highest BCUT2D eigenvalue weighted by Crippen LogP contribution is 2.24. The highest BCUT2D eigenvalue weighted by Gasteiger charge is 2.19. The molecule has 0 saturated carbocycles.